The van der Waals surface area contributed by atoms with Gasteiger partial charge in [-0.1, -0.05) is 0 Å². The molecule has 0 amide bonds. The number of rotatable bonds is 6. The Bertz CT molecular complexity index is 677. The maximum absolute atomic E-state index is 9.76. The first-order valence-corrected chi connectivity index (χ1v) is 7.98. The number of aromatic nitrogens is 4. The van der Waals surface area contributed by atoms with Crippen molar-refractivity contribution in [2.75, 3.05) is 36.5 Å². The molecule has 0 bridgehead atoms. The Morgan fingerprint density at radius 3 is 2.88 bits per heavy atom. The van der Waals surface area contributed by atoms with E-state index >= 15 is 0 Å². The first-order valence-electron chi connectivity index (χ1n) is 7.98. The van der Waals surface area contributed by atoms with Crippen molar-refractivity contribution in [3.05, 3.63) is 29.8 Å². The molecule has 0 unspecified atom stereocenters. The molecule has 9 heteroatoms. The maximum Gasteiger partial charge on any atom is 0.134 e. The fourth-order valence-corrected chi connectivity index (χ4v) is 2.74. The van der Waals surface area contributed by atoms with E-state index in [4.69, 9.17) is 10.2 Å². The smallest absolute Gasteiger partial charge is 0.134 e. The van der Waals surface area contributed by atoms with Crippen LogP contribution >= 0.6 is 0 Å². The summed E-state index contributed by atoms with van der Waals surface area (Å²) in [4.78, 5) is 10.6. The maximum atomic E-state index is 9.76. The highest BCUT2D eigenvalue weighted by atomic mass is 16.3. The van der Waals surface area contributed by atoms with Crippen LogP contribution in [0, 0.1) is 0 Å². The summed E-state index contributed by atoms with van der Waals surface area (Å²) in [6.07, 6.45) is 1.44. The Hall–Kier alpha value is -2.23. The van der Waals surface area contributed by atoms with Gasteiger partial charge >= 0.3 is 0 Å². The van der Waals surface area contributed by atoms with Gasteiger partial charge in [-0.05, 0) is 12.5 Å². The highest BCUT2D eigenvalue weighted by molar-refractivity contribution is 5.48. The predicted octanol–water partition coefficient (Wildman–Crippen LogP) is -0.487. The van der Waals surface area contributed by atoms with Crippen LogP contribution in [0.25, 0.3) is 0 Å². The first-order chi connectivity index (χ1) is 11.7. The molecule has 0 fully saturated rings. The zero-order chi connectivity index (χ0) is 16.9. The number of nitrogens with zero attached hydrogens (tertiary/aromatic N) is 5. The lowest BCUT2D eigenvalue weighted by Gasteiger charge is -2.21. The molecule has 9 nitrogen and oxygen atoms in total. The normalized spacial score (nSPS) is 15.7. The van der Waals surface area contributed by atoms with Crippen LogP contribution in [-0.4, -0.2) is 61.4 Å². The van der Waals surface area contributed by atoms with E-state index in [0.29, 0.717) is 24.6 Å². The molecule has 24 heavy (non-hydrogen) atoms. The molecular weight excluding hydrogens is 312 g/mol. The van der Waals surface area contributed by atoms with Gasteiger partial charge in [0.1, 0.15) is 24.1 Å². The van der Waals surface area contributed by atoms with Crippen LogP contribution in [0.5, 0.6) is 0 Å². The van der Waals surface area contributed by atoms with Gasteiger partial charge in [-0.15, -0.1) is 0 Å². The predicted molar refractivity (Wildman–Crippen MR) is 87.5 cm³/mol. The molecule has 3 rings (SSSR count). The van der Waals surface area contributed by atoms with Gasteiger partial charge in [0.05, 0.1) is 31.1 Å². The number of anilines is 2. The number of aliphatic hydroxyl groups excluding tert-OH is 3. The van der Waals surface area contributed by atoms with E-state index in [1.807, 2.05) is 16.8 Å². The molecule has 0 aromatic carbocycles. The molecule has 0 saturated heterocycles. The average Bonchev–Trinajstić information content (AvgIpc) is 2.91. The molecule has 1 aliphatic heterocycles. The molecule has 2 aromatic rings. The summed E-state index contributed by atoms with van der Waals surface area (Å²) >= 11 is 0. The van der Waals surface area contributed by atoms with Crippen molar-refractivity contribution in [2.24, 2.45) is 0 Å². The Balaban J connectivity index is 1.79. The summed E-state index contributed by atoms with van der Waals surface area (Å²) in [6, 6.07) is 3.68. The van der Waals surface area contributed by atoms with Crippen molar-refractivity contribution in [3.63, 3.8) is 0 Å². The zero-order valence-electron chi connectivity index (χ0n) is 13.3. The SMILES string of the molecule is OCCNc1cc(N2CCCn3nc([C@H](O)CO)cc3C2)ncn1. The molecule has 1 atom stereocenters. The lowest BCUT2D eigenvalue weighted by molar-refractivity contribution is 0.0916. The van der Waals surface area contributed by atoms with Crippen LogP contribution in [0.3, 0.4) is 0 Å². The number of hydrogen-bond donors (Lipinski definition) is 4. The second-order valence-electron chi connectivity index (χ2n) is 5.67. The molecular formula is C15H22N6O3. The van der Waals surface area contributed by atoms with E-state index < -0.39 is 6.10 Å². The molecule has 2 aromatic heterocycles. The zero-order valence-corrected chi connectivity index (χ0v) is 13.3. The third kappa shape index (κ3) is 3.64. The van der Waals surface area contributed by atoms with E-state index in [1.54, 1.807) is 0 Å². The van der Waals surface area contributed by atoms with Crippen molar-refractivity contribution >= 4 is 11.6 Å². The summed E-state index contributed by atoms with van der Waals surface area (Å²) in [5.74, 6) is 1.47. The van der Waals surface area contributed by atoms with E-state index in [-0.39, 0.29) is 13.2 Å². The molecule has 0 aliphatic carbocycles. The molecule has 0 spiro atoms. The highest BCUT2D eigenvalue weighted by Crippen LogP contribution is 2.22. The second kappa shape index (κ2) is 7.56. The Morgan fingerprint density at radius 1 is 1.21 bits per heavy atom. The second-order valence-corrected chi connectivity index (χ2v) is 5.67. The van der Waals surface area contributed by atoms with Crippen molar-refractivity contribution in [3.8, 4) is 0 Å². The van der Waals surface area contributed by atoms with Crippen LogP contribution in [0.1, 0.15) is 23.9 Å². The summed E-state index contributed by atoms with van der Waals surface area (Å²) in [7, 11) is 0. The third-order valence-corrected chi connectivity index (χ3v) is 3.94. The van der Waals surface area contributed by atoms with Crippen molar-refractivity contribution in [1.82, 2.24) is 19.7 Å². The number of fused-ring (bicyclic) bond motifs is 1. The Labute approximate surface area is 139 Å². The fraction of sp³-hybridized carbons (Fsp3) is 0.533. The third-order valence-electron chi connectivity index (χ3n) is 3.94. The molecule has 4 N–H and O–H groups in total. The summed E-state index contributed by atoms with van der Waals surface area (Å²) < 4.78 is 1.88. The lowest BCUT2D eigenvalue weighted by atomic mass is 10.2. The topological polar surface area (TPSA) is 120 Å². The summed E-state index contributed by atoms with van der Waals surface area (Å²) in [5.41, 5.74) is 1.46. The van der Waals surface area contributed by atoms with Gasteiger partial charge in [-0.2, -0.15) is 5.10 Å². The lowest BCUT2D eigenvalue weighted by Crippen LogP contribution is -2.24. The average molecular weight is 334 g/mol. The van der Waals surface area contributed by atoms with E-state index in [0.717, 1.165) is 31.0 Å². The van der Waals surface area contributed by atoms with Gasteiger partial charge in [-0.3, -0.25) is 4.68 Å². The van der Waals surface area contributed by atoms with Gasteiger partial charge in [-0.25, -0.2) is 9.97 Å². The minimum Gasteiger partial charge on any atom is -0.395 e. The monoisotopic (exact) mass is 334 g/mol. The van der Waals surface area contributed by atoms with Crippen molar-refractivity contribution in [2.45, 2.75) is 25.6 Å². The van der Waals surface area contributed by atoms with Crippen LogP contribution in [0.2, 0.25) is 0 Å². The van der Waals surface area contributed by atoms with Gasteiger partial charge in [0.25, 0.3) is 0 Å². The minimum atomic E-state index is -0.953. The molecule has 1 aliphatic rings. The van der Waals surface area contributed by atoms with Crippen molar-refractivity contribution < 1.29 is 15.3 Å². The quantitative estimate of drug-likeness (QED) is 0.559. The number of hydrogen-bond acceptors (Lipinski definition) is 8. The van der Waals surface area contributed by atoms with E-state index in [1.165, 1.54) is 6.33 Å². The molecule has 130 valence electrons. The van der Waals surface area contributed by atoms with Crippen LogP contribution in [-0.2, 0) is 13.1 Å². The Morgan fingerprint density at radius 2 is 2.08 bits per heavy atom. The summed E-state index contributed by atoms with van der Waals surface area (Å²) in [6.45, 7) is 2.33. The molecule has 0 saturated carbocycles. The fourth-order valence-electron chi connectivity index (χ4n) is 2.74. The first kappa shape index (κ1) is 16.6. The molecule has 3 heterocycles. The summed E-state index contributed by atoms with van der Waals surface area (Å²) in [5, 5.41) is 35.1. The van der Waals surface area contributed by atoms with Gasteiger partial charge < -0.3 is 25.5 Å². The van der Waals surface area contributed by atoms with Gasteiger partial charge in [0.15, 0.2) is 0 Å². The minimum absolute atomic E-state index is 0.0399. The van der Waals surface area contributed by atoms with Crippen LogP contribution in [0.4, 0.5) is 11.6 Å². The highest BCUT2D eigenvalue weighted by Gasteiger charge is 2.20. The molecule has 0 radical (unpaired) electrons. The number of nitrogens with one attached hydrogen (secondary N) is 1. The van der Waals surface area contributed by atoms with Crippen molar-refractivity contribution in [1.29, 1.82) is 0 Å². The van der Waals surface area contributed by atoms with Crippen LogP contribution < -0.4 is 10.2 Å². The van der Waals surface area contributed by atoms with E-state index in [2.05, 4.69) is 25.3 Å². The van der Waals surface area contributed by atoms with E-state index in [9.17, 15) is 5.11 Å². The largest absolute Gasteiger partial charge is 0.395 e. The van der Waals surface area contributed by atoms with Gasteiger partial charge in [0.2, 0.25) is 0 Å². The number of aliphatic hydroxyl groups is 3. The van der Waals surface area contributed by atoms with Crippen LogP contribution in [0.15, 0.2) is 18.5 Å². The van der Waals surface area contributed by atoms with Gasteiger partial charge in [0, 0.05) is 25.7 Å². The number of aryl methyl sites for hydroxylation is 1. The standard InChI is InChI=1S/C15H22N6O3/c22-5-2-16-14-7-15(18-10-17-14)20-3-1-4-21-11(8-20)6-12(19-21)13(24)9-23/h6-7,10,13,22-24H,1-5,8-9H2,(H,16,17,18)/t13-/m1/s1. The Kier molecular flexibility index (Phi) is 5.24.